The highest BCUT2D eigenvalue weighted by molar-refractivity contribution is 7.80. The summed E-state index contributed by atoms with van der Waals surface area (Å²) >= 11 is 4.84. The second-order valence-electron chi connectivity index (χ2n) is 3.75. The monoisotopic (exact) mass is 266 g/mol. The summed E-state index contributed by atoms with van der Waals surface area (Å²) in [5.41, 5.74) is 14.8. The number of aliphatic hydroxyl groups is 2. The number of benzene rings is 1. The summed E-state index contributed by atoms with van der Waals surface area (Å²) in [5, 5.41) is 23.0. The molecule has 2 unspecified atom stereocenters. The average Bonchev–Trinajstić information content (AvgIpc) is 2.38. The van der Waals surface area contributed by atoms with Crippen LogP contribution >= 0.6 is 12.2 Å². The summed E-state index contributed by atoms with van der Waals surface area (Å²) in [5.74, 6) is 0. The standard InChI is InChI=1S/C11H14N4O2S/c12-11(18)8-3-1-2-7(6-8)10(17)9(16)4-5-14-15-13/h1-3,6,9-10,16-17H,4-5H2,(H2,12,18). The molecule has 0 aliphatic heterocycles. The molecule has 1 rings (SSSR count). The molecule has 0 bridgehead atoms. The van der Waals surface area contributed by atoms with Gasteiger partial charge in [0.15, 0.2) is 0 Å². The molecule has 0 heterocycles. The maximum atomic E-state index is 9.93. The predicted octanol–water partition coefficient (Wildman–Crippen LogP) is 1.42. The molecule has 0 fully saturated rings. The SMILES string of the molecule is [N-]=[N+]=NCCC(O)C(O)c1cccc(C(N)=S)c1. The van der Waals surface area contributed by atoms with E-state index in [-0.39, 0.29) is 18.0 Å². The van der Waals surface area contributed by atoms with Crippen LogP contribution in [0.15, 0.2) is 29.4 Å². The van der Waals surface area contributed by atoms with Crippen molar-refractivity contribution in [3.05, 3.63) is 45.8 Å². The fraction of sp³-hybridized carbons (Fsp3) is 0.364. The topological polar surface area (TPSA) is 115 Å². The van der Waals surface area contributed by atoms with E-state index >= 15 is 0 Å². The summed E-state index contributed by atoms with van der Waals surface area (Å²) in [7, 11) is 0. The van der Waals surface area contributed by atoms with E-state index < -0.39 is 12.2 Å². The zero-order valence-corrected chi connectivity index (χ0v) is 10.4. The van der Waals surface area contributed by atoms with Gasteiger partial charge in [0.25, 0.3) is 0 Å². The van der Waals surface area contributed by atoms with Crippen LogP contribution in [0.1, 0.15) is 23.7 Å². The van der Waals surface area contributed by atoms with Crippen molar-refractivity contribution in [2.24, 2.45) is 10.8 Å². The number of thiocarbonyl (C=S) groups is 1. The van der Waals surface area contributed by atoms with Gasteiger partial charge in [0, 0.05) is 17.0 Å². The second kappa shape index (κ2) is 6.93. The first-order chi connectivity index (χ1) is 8.56. The molecule has 7 heteroatoms. The molecule has 0 saturated carbocycles. The van der Waals surface area contributed by atoms with Gasteiger partial charge >= 0.3 is 0 Å². The Balaban J connectivity index is 2.76. The minimum Gasteiger partial charge on any atom is -0.390 e. The summed E-state index contributed by atoms with van der Waals surface area (Å²) in [6, 6.07) is 6.73. The Hall–Kier alpha value is -1.66. The number of aliphatic hydroxyl groups excluding tert-OH is 2. The second-order valence-corrected chi connectivity index (χ2v) is 4.18. The lowest BCUT2D eigenvalue weighted by Gasteiger charge is -2.17. The zero-order chi connectivity index (χ0) is 13.5. The van der Waals surface area contributed by atoms with Crippen LogP contribution < -0.4 is 5.73 Å². The molecule has 1 aromatic carbocycles. The van der Waals surface area contributed by atoms with E-state index in [1.54, 1.807) is 24.3 Å². The van der Waals surface area contributed by atoms with Crippen LogP contribution in [0.3, 0.4) is 0 Å². The lowest BCUT2D eigenvalue weighted by Crippen LogP contribution is -2.20. The van der Waals surface area contributed by atoms with Crippen molar-refractivity contribution in [2.75, 3.05) is 6.54 Å². The van der Waals surface area contributed by atoms with E-state index in [9.17, 15) is 10.2 Å². The molecule has 0 aliphatic carbocycles. The molecule has 0 spiro atoms. The largest absolute Gasteiger partial charge is 0.390 e. The van der Waals surface area contributed by atoms with Crippen LogP contribution in [0.5, 0.6) is 0 Å². The quantitative estimate of drug-likeness (QED) is 0.312. The van der Waals surface area contributed by atoms with Gasteiger partial charge in [-0.05, 0) is 23.6 Å². The van der Waals surface area contributed by atoms with Crippen LogP contribution in [0.4, 0.5) is 0 Å². The lowest BCUT2D eigenvalue weighted by molar-refractivity contribution is 0.0150. The molecular formula is C11H14N4O2S. The Morgan fingerprint density at radius 2 is 2.22 bits per heavy atom. The zero-order valence-electron chi connectivity index (χ0n) is 9.60. The Bertz CT molecular complexity index is 474. The molecule has 2 atom stereocenters. The number of rotatable bonds is 6. The Labute approximate surface area is 110 Å². The average molecular weight is 266 g/mol. The van der Waals surface area contributed by atoms with Crippen LogP contribution in [0.2, 0.25) is 0 Å². The van der Waals surface area contributed by atoms with Crippen molar-refractivity contribution in [3.8, 4) is 0 Å². The van der Waals surface area contributed by atoms with Crippen molar-refractivity contribution in [2.45, 2.75) is 18.6 Å². The first-order valence-electron chi connectivity index (χ1n) is 5.33. The maximum Gasteiger partial charge on any atom is 0.105 e. The third-order valence-corrected chi connectivity index (χ3v) is 2.70. The van der Waals surface area contributed by atoms with E-state index in [0.29, 0.717) is 11.1 Å². The molecule has 0 aromatic heterocycles. The van der Waals surface area contributed by atoms with Crippen LogP contribution in [-0.2, 0) is 0 Å². The number of nitrogens with two attached hydrogens (primary N) is 1. The van der Waals surface area contributed by atoms with Gasteiger partial charge in [0.2, 0.25) is 0 Å². The summed E-state index contributed by atoms with van der Waals surface area (Å²) < 4.78 is 0. The van der Waals surface area contributed by atoms with E-state index in [4.69, 9.17) is 23.5 Å². The molecule has 1 aromatic rings. The van der Waals surface area contributed by atoms with Crippen molar-refractivity contribution in [1.29, 1.82) is 0 Å². The van der Waals surface area contributed by atoms with Crippen molar-refractivity contribution in [3.63, 3.8) is 0 Å². The van der Waals surface area contributed by atoms with Gasteiger partial charge in [-0.3, -0.25) is 0 Å². The van der Waals surface area contributed by atoms with E-state index in [1.165, 1.54) is 0 Å². The minimum atomic E-state index is -1.06. The van der Waals surface area contributed by atoms with E-state index in [2.05, 4.69) is 10.0 Å². The Morgan fingerprint density at radius 1 is 1.50 bits per heavy atom. The molecule has 6 nitrogen and oxygen atoms in total. The highest BCUT2D eigenvalue weighted by atomic mass is 32.1. The number of azide groups is 1. The van der Waals surface area contributed by atoms with Crippen LogP contribution in [0, 0.1) is 0 Å². The van der Waals surface area contributed by atoms with Crippen molar-refractivity contribution >= 4 is 17.2 Å². The Morgan fingerprint density at radius 3 is 2.83 bits per heavy atom. The Kier molecular flexibility index (Phi) is 5.54. The van der Waals surface area contributed by atoms with E-state index in [1.807, 2.05) is 0 Å². The van der Waals surface area contributed by atoms with Crippen molar-refractivity contribution in [1.82, 2.24) is 0 Å². The van der Waals surface area contributed by atoms with E-state index in [0.717, 1.165) is 0 Å². The molecule has 0 aliphatic rings. The first-order valence-corrected chi connectivity index (χ1v) is 5.74. The lowest BCUT2D eigenvalue weighted by atomic mass is 10.0. The summed E-state index contributed by atoms with van der Waals surface area (Å²) in [4.78, 5) is 2.80. The fourth-order valence-corrected chi connectivity index (χ4v) is 1.62. The molecule has 0 saturated heterocycles. The van der Waals surface area contributed by atoms with Gasteiger partial charge in [0.1, 0.15) is 11.1 Å². The van der Waals surface area contributed by atoms with Gasteiger partial charge in [-0.25, -0.2) is 0 Å². The number of nitrogens with zero attached hydrogens (tertiary/aromatic N) is 3. The smallest absolute Gasteiger partial charge is 0.105 e. The summed E-state index contributed by atoms with van der Waals surface area (Å²) in [6.45, 7) is 0.129. The number of hydrogen-bond acceptors (Lipinski definition) is 4. The van der Waals surface area contributed by atoms with Crippen LogP contribution in [0.25, 0.3) is 10.4 Å². The highest BCUT2D eigenvalue weighted by Crippen LogP contribution is 2.20. The third kappa shape index (κ3) is 3.97. The normalized spacial score (nSPS) is 13.4. The third-order valence-electron chi connectivity index (χ3n) is 2.47. The molecule has 18 heavy (non-hydrogen) atoms. The minimum absolute atomic E-state index is 0.129. The van der Waals surface area contributed by atoms with Crippen molar-refractivity contribution < 1.29 is 10.2 Å². The van der Waals surface area contributed by atoms with Gasteiger partial charge in [0.05, 0.1) is 6.10 Å². The highest BCUT2D eigenvalue weighted by Gasteiger charge is 2.18. The fourth-order valence-electron chi connectivity index (χ4n) is 1.49. The molecule has 0 amide bonds. The summed E-state index contributed by atoms with van der Waals surface area (Å²) in [6.07, 6.45) is -1.88. The van der Waals surface area contributed by atoms with Crippen LogP contribution in [-0.4, -0.2) is 27.9 Å². The molecule has 0 radical (unpaired) electrons. The van der Waals surface area contributed by atoms with Gasteiger partial charge < -0.3 is 15.9 Å². The molecule has 4 N–H and O–H groups in total. The molecule has 96 valence electrons. The van der Waals surface area contributed by atoms with Gasteiger partial charge in [-0.2, -0.15) is 0 Å². The number of hydrogen-bond donors (Lipinski definition) is 3. The first kappa shape index (κ1) is 14.4. The predicted molar refractivity (Wildman–Crippen MR) is 71.9 cm³/mol. The molecular weight excluding hydrogens is 252 g/mol. The maximum absolute atomic E-state index is 9.93. The van der Waals surface area contributed by atoms with Gasteiger partial charge in [-0.15, -0.1) is 0 Å². The van der Waals surface area contributed by atoms with Gasteiger partial charge in [-0.1, -0.05) is 35.5 Å².